The van der Waals surface area contributed by atoms with E-state index in [1.54, 1.807) is 12.4 Å². The van der Waals surface area contributed by atoms with Gasteiger partial charge in [0.1, 0.15) is 0 Å². The number of carboxylic acid groups (broad SMARTS) is 1. The molecule has 1 aliphatic heterocycles. The molecule has 0 spiro atoms. The Morgan fingerprint density at radius 2 is 2.24 bits per heavy atom. The van der Waals surface area contributed by atoms with Gasteiger partial charge in [-0.25, -0.2) is 0 Å². The highest BCUT2D eigenvalue weighted by molar-refractivity contribution is 5.75. The Labute approximate surface area is 101 Å². The lowest BCUT2D eigenvalue weighted by Gasteiger charge is -2.33. The minimum Gasteiger partial charge on any atom is -0.481 e. The molecule has 1 atom stereocenters. The molecule has 4 heteroatoms. The van der Waals surface area contributed by atoms with Crippen molar-refractivity contribution in [1.82, 2.24) is 4.98 Å². The number of hydrogen-bond acceptors (Lipinski definition) is 3. The van der Waals surface area contributed by atoms with E-state index in [9.17, 15) is 9.90 Å². The van der Waals surface area contributed by atoms with Gasteiger partial charge in [0.15, 0.2) is 0 Å². The molecule has 1 fully saturated rings. The average molecular weight is 235 g/mol. The number of aryl methyl sites for hydroxylation is 1. The van der Waals surface area contributed by atoms with Crippen LogP contribution >= 0.6 is 0 Å². The highest BCUT2D eigenvalue weighted by Gasteiger charge is 2.39. The quantitative estimate of drug-likeness (QED) is 0.865. The van der Waals surface area contributed by atoms with Crippen LogP contribution < -0.4 is 0 Å². The highest BCUT2D eigenvalue weighted by atomic mass is 16.5. The van der Waals surface area contributed by atoms with Crippen LogP contribution in [-0.4, -0.2) is 29.3 Å². The number of hydrogen-bond donors (Lipinski definition) is 1. The van der Waals surface area contributed by atoms with Crippen molar-refractivity contribution in [2.75, 3.05) is 13.2 Å². The van der Waals surface area contributed by atoms with Crippen LogP contribution in [-0.2, 0) is 16.0 Å². The molecule has 1 aromatic heterocycles. The molecule has 0 saturated carbocycles. The predicted octanol–water partition coefficient (Wildman–Crippen LogP) is 1.90. The fourth-order valence-corrected chi connectivity index (χ4v) is 2.26. The van der Waals surface area contributed by atoms with Gasteiger partial charge in [0, 0.05) is 19.0 Å². The molecule has 0 bridgehead atoms. The number of aromatic nitrogens is 1. The van der Waals surface area contributed by atoms with Gasteiger partial charge in [-0.1, -0.05) is 0 Å². The number of nitrogens with zero attached hydrogens (tertiary/aromatic N) is 1. The number of ether oxygens (including phenoxy) is 1. The molecule has 17 heavy (non-hydrogen) atoms. The van der Waals surface area contributed by atoms with Crippen LogP contribution in [0.1, 0.15) is 24.8 Å². The van der Waals surface area contributed by atoms with Gasteiger partial charge in [-0.2, -0.15) is 0 Å². The van der Waals surface area contributed by atoms with E-state index in [4.69, 9.17) is 4.74 Å². The average Bonchev–Trinajstić information content (AvgIpc) is 2.38. The molecule has 2 rings (SSSR count). The first kappa shape index (κ1) is 12.0. The predicted molar refractivity (Wildman–Crippen MR) is 62.7 cm³/mol. The molecule has 1 aliphatic rings. The highest BCUT2D eigenvalue weighted by Crippen LogP contribution is 2.33. The van der Waals surface area contributed by atoms with E-state index >= 15 is 0 Å². The summed E-state index contributed by atoms with van der Waals surface area (Å²) in [6, 6.07) is 3.86. The molecule has 0 aliphatic carbocycles. The van der Waals surface area contributed by atoms with E-state index in [1.807, 2.05) is 12.1 Å². The summed E-state index contributed by atoms with van der Waals surface area (Å²) in [5.74, 6) is -0.730. The molecule has 1 aromatic rings. The minimum atomic E-state index is -0.730. The standard InChI is InChI=1S/C13H17NO3/c15-12(16)13(5-1-9-17-10-13)6-2-11-3-7-14-8-4-11/h3-4,7-8H,1-2,5-6,9-10H2,(H,15,16). The molecule has 0 radical (unpaired) electrons. The van der Waals surface area contributed by atoms with Gasteiger partial charge < -0.3 is 9.84 Å². The second kappa shape index (κ2) is 5.27. The van der Waals surface area contributed by atoms with E-state index in [0.29, 0.717) is 26.1 Å². The summed E-state index contributed by atoms with van der Waals surface area (Å²) in [7, 11) is 0. The van der Waals surface area contributed by atoms with Crippen molar-refractivity contribution < 1.29 is 14.6 Å². The molecule has 1 unspecified atom stereocenters. The molecule has 1 saturated heterocycles. The topological polar surface area (TPSA) is 59.4 Å². The fourth-order valence-electron chi connectivity index (χ4n) is 2.26. The zero-order chi connectivity index (χ0) is 12.1. The zero-order valence-corrected chi connectivity index (χ0v) is 9.76. The summed E-state index contributed by atoms with van der Waals surface area (Å²) in [6.45, 7) is 1.03. The van der Waals surface area contributed by atoms with Crippen molar-refractivity contribution in [3.8, 4) is 0 Å². The summed E-state index contributed by atoms with van der Waals surface area (Å²) < 4.78 is 5.34. The van der Waals surface area contributed by atoms with Crippen LogP contribution in [0, 0.1) is 5.41 Å². The minimum absolute atomic E-state index is 0.341. The Kier molecular flexibility index (Phi) is 3.74. The maximum Gasteiger partial charge on any atom is 0.311 e. The largest absolute Gasteiger partial charge is 0.481 e. The third-order valence-electron chi connectivity index (χ3n) is 3.42. The molecule has 0 amide bonds. The smallest absolute Gasteiger partial charge is 0.311 e. The van der Waals surface area contributed by atoms with Crippen molar-refractivity contribution in [3.63, 3.8) is 0 Å². The second-order valence-electron chi connectivity index (χ2n) is 4.60. The molecular formula is C13H17NO3. The van der Waals surface area contributed by atoms with Gasteiger partial charge >= 0.3 is 5.97 Å². The van der Waals surface area contributed by atoms with E-state index in [1.165, 1.54) is 0 Å². The monoisotopic (exact) mass is 235 g/mol. The van der Waals surface area contributed by atoms with Crippen molar-refractivity contribution in [2.24, 2.45) is 5.41 Å². The van der Waals surface area contributed by atoms with Crippen molar-refractivity contribution in [1.29, 1.82) is 0 Å². The molecule has 2 heterocycles. The van der Waals surface area contributed by atoms with Gasteiger partial charge in [-0.15, -0.1) is 0 Å². The van der Waals surface area contributed by atoms with Crippen molar-refractivity contribution >= 4 is 5.97 Å². The second-order valence-corrected chi connectivity index (χ2v) is 4.60. The van der Waals surface area contributed by atoms with E-state index < -0.39 is 11.4 Å². The van der Waals surface area contributed by atoms with Gasteiger partial charge in [0.2, 0.25) is 0 Å². The Bertz CT molecular complexity index is 372. The van der Waals surface area contributed by atoms with Crippen LogP contribution in [0.4, 0.5) is 0 Å². The van der Waals surface area contributed by atoms with Crippen LogP contribution in [0.3, 0.4) is 0 Å². The molecular weight excluding hydrogens is 218 g/mol. The molecule has 4 nitrogen and oxygen atoms in total. The SMILES string of the molecule is O=C(O)C1(CCc2ccncc2)CCCOC1. The summed E-state index contributed by atoms with van der Waals surface area (Å²) >= 11 is 0. The van der Waals surface area contributed by atoms with E-state index in [0.717, 1.165) is 18.4 Å². The lowest BCUT2D eigenvalue weighted by Crippen LogP contribution is -2.39. The van der Waals surface area contributed by atoms with Crippen LogP contribution in [0.5, 0.6) is 0 Å². The number of carboxylic acids is 1. The lowest BCUT2D eigenvalue weighted by atomic mass is 9.78. The third-order valence-corrected chi connectivity index (χ3v) is 3.42. The molecule has 92 valence electrons. The lowest BCUT2D eigenvalue weighted by molar-refractivity contribution is -0.158. The Hall–Kier alpha value is -1.42. The van der Waals surface area contributed by atoms with Crippen molar-refractivity contribution in [2.45, 2.75) is 25.7 Å². The Morgan fingerprint density at radius 3 is 2.82 bits per heavy atom. The molecule has 1 N–H and O–H groups in total. The first-order chi connectivity index (χ1) is 8.23. The fraction of sp³-hybridized carbons (Fsp3) is 0.538. The summed E-state index contributed by atoms with van der Waals surface area (Å²) in [5.41, 5.74) is 0.438. The van der Waals surface area contributed by atoms with Crippen LogP contribution in [0.2, 0.25) is 0 Å². The Balaban J connectivity index is 2.01. The number of aliphatic carboxylic acids is 1. The summed E-state index contributed by atoms with van der Waals surface area (Å²) in [4.78, 5) is 15.4. The van der Waals surface area contributed by atoms with E-state index in [-0.39, 0.29) is 0 Å². The zero-order valence-electron chi connectivity index (χ0n) is 9.76. The number of carbonyl (C=O) groups is 1. The van der Waals surface area contributed by atoms with Gasteiger partial charge in [-0.05, 0) is 43.4 Å². The van der Waals surface area contributed by atoms with Gasteiger partial charge in [-0.3, -0.25) is 9.78 Å². The first-order valence-corrected chi connectivity index (χ1v) is 5.93. The maximum atomic E-state index is 11.4. The van der Waals surface area contributed by atoms with Gasteiger partial charge in [0.25, 0.3) is 0 Å². The van der Waals surface area contributed by atoms with Crippen LogP contribution in [0.25, 0.3) is 0 Å². The summed E-state index contributed by atoms with van der Waals surface area (Å²) in [6.07, 6.45) is 6.42. The van der Waals surface area contributed by atoms with Crippen molar-refractivity contribution in [3.05, 3.63) is 30.1 Å². The Morgan fingerprint density at radius 1 is 1.47 bits per heavy atom. The normalized spacial score (nSPS) is 24.5. The molecule has 0 aromatic carbocycles. The third kappa shape index (κ3) is 2.82. The maximum absolute atomic E-state index is 11.4. The first-order valence-electron chi connectivity index (χ1n) is 5.93. The number of pyridine rings is 1. The van der Waals surface area contributed by atoms with Crippen LogP contribution in [0.15, 0.2) is 24.5 Å². The number of rotatable bonds is 4. The van der Waals surface area contributed by atoms with E-state index in [2.05, 4.69) is 4.98 Å². The van der Waals surface area contributed by atoms with Gasteiger partial charge in [0.05, 0.1) is 12.0 Å². The summed E-state index contributed by atoms with van der Waals surface area (Å²) in [5, 5.41) is 9.37.